The summed E-state index contributed by atoms with van der Waals surface area (Å²) >= 11 is 0. The Kier molecular flexibility index (Phi) is 6.82. The molecule has 0 bridgehead atoms. The van der Waals surface area contributed by atoms with E-state index in [0.29, 0.717) is 12.1 Å². The molecular weight excluding hydrogens is 350 g/mol. The second-order valence-corrected chi connectivity index (χ2v) is 7.53. The molecule has 0 aromatic heterocycles. The molecule has 1 fully saturated rings. The maximum Gasteiger partial charge on any atom is 0.251 e. The average molecular weight is 380 g/mol. The number of carbonyl (C=O) groups is 2. The summed E-state index contributed by atoms with van der Waals surface area (Å²) in [4.78, 5) is 27.0. The van der Waals surface area contributed by atoms with Gasteiger partial charge in [0.1, 0.15) is 0 Å². The zero-order valence-electron chi connectivity index (χ0n) is 16.7. The minimum atomic E-state index is -0.170. The van der Waals surface area contributed by atoms with Gasteiger partial charge in [-0.05, 0) is 44.4 Å². The SMILES string of the molecule is Cc1ccc(CNC(=O)C(C)N2CCC(NC(=O)c3ccccc3)CC2)cc1. The first-order valence-electron chi connectivity index (χ1n) is 9.96. The highest BCUT2D eigenvalue weighted by Gasteiger charge is 2.27. The quantitative estimate of drug-likeness (QED) is 0.811. The molecule has 0 spiro atoms. The van der Waals surface area contributed by atoms with E-state index < -0.39 is 0 Å². The van der Waals surface area contributed by atoms with E-state index in [2.05, 4.69) is 34.6 Å². The van der Waals surface area contributed by atoms with Gasteiger partial charge in [0.15, 0.2) is 0 Å². The van der Waals surface area contributed by atoms with Crippen molar-refractivity contribution in [3.63, 3.8) is 0 Å². The Morgan fingerprint density at radius 1 is 1.04 bits per heavy atom. The lowest BCUT2D eigenvalue weighted by molar-refractivity contribution is -0.126. The average Bonchev–Trinajstić information content (AvgIpc) is 2.73. The lowest BCUT2D eigenvalue weighted by Crippen LogP contribution is -2.51. The van der Waals surface area contributed by atoms with Crippen molar-refractivity contribution in [2.75, 3.05) is 13.1 Å². The van der Waals surface area contributed by atoms with Crippen LogP contribution in [0.4, 0.5) is 0 Å². The number of rotatable bonds is 6. The third-order valence-corrected chi connectivity index (χ3v) is 5.42. The molecule has 5 heteroatoms. The van der Waals surface area contributed by atoms with Crippen LogP contribution in [-0.2, 0) is 11.3 Å². The van der Waals surface area contributed by atoms with Crippen molar-refractivity contribution in [3.8, 4) is 0 Å². The Hall–Kier alpha value is -2.66. The van der Waals surface area contributed by atoms with E-state index in [-0.39, 0.29) is 23.9 Å². The number of nitrogens with one attached hydrogen (secondary N) is 2. The lowest BCUT2D eigenvalue weighted by atomic mass is 10.0. The zero-order chi connectivity index (χ0) is 19.9. The van der Waals surface area contributed by atoms with Crippen LogP contribution in [0, 0.1) is 6.92 Å². The molecule has 2 N–H and O–H groups in total. The Morgan fingerprint density at radius 3 is 2.32 bits per heavy atom. The fraction of sp³-hybridized carbons (Fsp3) is 0.391. The van der Waals surface area contributed by atoms with Crippen LogP contribution in [0.15, 0.2) is 54.6 Å². The number of aryl methyl sites for hydroxylation is 1. The molecule has 2 aromatic rings. The highest BCUT2D eigenvalue weighted by atomic mass is 16.2. The van der Waals surface area contributed by atoms with Crippen LogP contribution >= 0.6 is 0 Å². The largest absolute Gasteiger partial charge is 0.351 e. The van der Waals surface area contributed by atoms with E-state index in [9.17, 15) is 9.59 Å². The van der Waals surface area contributed by atoms with Gasteiger partial charge in [-0.3, -0.25) is 14.5 Å². The smallest absolute Gasteiger partial charge is 0.251 e. The highest BCUT2D eigenvalue weighted by Crippen LogP contribution is 2.14. The lowest BCUT2D eigenvalue weighted by Gasteiger charge is -2.35. The monoisotopic (exact) mass is 379 g/mol. The molecule has 2 aromatic carbocycles. The van der Waals surface area contributed by atoms with Crippen molar-refractivity contribution >= 4 is 11.8 Å². The van der Waals surface area contributed by atoms with Gasteiger partial charge in [-0.15, -0.1) is 0 Å². The third-order valence-electron chi connectivity index (χ3n) is 5.42. The minimum absolute atomic E-state index is 0.0251. The van der Waals surface area contributed by atoms with Crippen molar-refractivity contribution in [1.29, 1.82) is 0 Å². The molecule has 28 heavy (non-hydrogen) atoms. The predicted molar refractivity (Wildman–Crippen MR) is 111 cm³/mol. The molecule has 3 rings (SSSR count). The van der Waals surface area contributed by atoms with Gasteiger partial charge >= 0.3 is 0 Å². The number of likely N-dealkylation sites (tertiary alicyclic amines) is 1. The summed E-state index contributed by atoms with van der Waals surface area (Å²) in [5, 5.41) is 6.14. The molecule has 1 atom stereocenters. The van der Waals surface area contributed by atoms with Gasteiger partial charge in [0, 0.05) is 31.2 Å². The normalized spacial score (nSPS) is 16.4. The van der Waals surface area contributed by atoms with Gasteiger partial charge in [-0.2, -0.15) is 0 Å². The van der Waals surface area contributed by atoms with Crippen LogP contribution in [0.2, 0.25) is 0 Å². The molecule has 0 aliphatic carbocycles. The fourth-order valence-electron chi connectivity index (χ4n) is 3.50. The molecule has 1 heterocycles. The second kappa shape index (κ2) is 9.51. The van der Waals surface area contributed by atoms with E-state index in [1.54, 1.807) is 0 Å². The van der Waals surface area contributed by atoms with E-state index in [1.807, 2.05) is 49.4 Å². The number of piperidine rings is 1. The molecule has 1 aliphatic heterocycles. The first-order valence-corrected chi connectivity index (χ1v) is 9.96. The summed E-state index contributed by atoms with van der Waals surface area (Å²) in [5.74, 6) is 0.0234. The summed E-state index contributed by atoms with van der Waals surface area (Å²) in [5.41, 5.74) is 3.01. The Morgan fingerprint density at radius 2 is 1.68 bits per heavy atom. The molecule has 1 aliphatic rings. The number of amides is 2. The summed E-state index contributed by atoms with van der Waals surface area (Å²) in [6, 6.07) is 17.5. The number of hydrogen-bond donors (Lipinski definition) is 2. The maximum absolute atomic E-state index is 12.5. The molecule has 5 nitrogen and oxygen atoms in total. The molecule has 0 saturated carbocycles. The number of nitrogens with zero attached hydrogens (tertiary/aromatic N) is 1. The van der Waals surface area contributed by atoms with Crippen LogP contribution in [0.1, 0.15) is 41.3 Å². The summed E-state index contributed by atoms with van der Waals surface area (Å²) in [6.07, 6.45) is 1.71. The number of carbonyl (C=O) groups excluding carboxylic acids is 2. The molecule has 1 saturated heterocycles. The third kappa shape index (κ3) is 5.42. The van der Waals surface area contributed by atoms with Gasteiger partial charge in [0.2, 0.25) is 5.91 Å². The van der Waals surface area contributed by atoms with Crippen molar-refractivity contribution in [2.45, 2.75) is 45.3 Å². The Labute approximate surface area is 167 Å². The van der Waals surface area contributed by atoms with E-state index >= 15 is 0 Å². The van der Waals surface area contributed by atoms with Crippen LogP contribution in [-0.4, -0.2) is 41.9 Å². The van der Waals surface area contributed by atoms with Crippen molar-refractivity contribution in [1.82, 2.24) is 15.5 Å². The van der Waals surface area contributed by atoms with Crippen molar-refractivity contribution in [3.05, 3.63) is 71.3 Å². The topological polar surface area (TPSA) is 61.4 Å². The molecule has 2 amide bonds. The van der Waals surface area contributed by atoms with Crippen molar-refractivity contribution in [2.24, 2.45) is 0 Å². The van der Waals surface area contributed by atoms with Crippen molar-refractivity contribution < 1.29 is 9.59 Å². The van der Waals surface area contributed by atoms with Gasteiger partial charge in [0.05, 0.1) is 6.04 Å². The number of hydrogen-bond acceptors (Lipinski definition) is 3. The van der Waals surface area contributed by atoms with Crippen LogP contribution in [0.25, 0.3) is 0 Å². The van der Waals surface area contributed by atoms with E-state index in [0.717, 1.165) is 31.5 Å². The fourth-order valence-corrected chi connectivity index (χ4v) is 3.50. The standard InChI is InChI=1S/C23H29N3O2/c1-17-8-10-19(11-9-17)16-24-22(27)18(2)26-14-12-21(13-15-26)25-23(28)20-6-4-3-5-7-20/h3-11,18,21H,12-16H2,1-2H3,(H,24,27)(H,25,28). The van der Waals surface area contributed by atoms with Crippen LogP contribution in [0.5, 0.6) is 0 Å². The summed E-state index contributed by atoms with van der Waals surface area (Å²) in [7, 11) is 0. The number of benzene rings is 2. The summed E-state index contributed by atoms with van der Waals surface area (Å²) < 4.78 is 0. The first kappa shape index (κ1) is 20.1. The first-order chi connectivity index (χ1) is 13.5. The Bertz CT molecular complexity index is 781. The van der Waals surface area contributed by atoms with Crippen LogP contribution < -0.4 is 10.6 Å². The predicted octanol–water partition coefficient (Wildman–Crippen LogP) is 2.89. The maximum atomic E-state index is 12.5. The zero-order valence-corrected chi connectivity index (χ0v) is 16.7. The van der Waals surface area contributed by atoms with Gasteiger partial charge in [0.25, 0.3) is 5.91 Å². The van der Waals surface area contributed by atoms with Gasteiger partial charge in [-0.1, -0.05) is 48.0 Å². The molecule has 0 radical (unpaired) electrons. The highest BCUT2D eigenvalue weighted by molar-refractivity contribution is 5.94. The van der Waals surface area contributed by atoms with Crippen LogP contribution in [0.3, 0.4) is 0 Å². The Balaban J connectivity index is 1.42. The van der Waals surface area contributed by atoms with E-state index in [4.69, 9.17) is 0 Å². The van der Waals surface area contributed by atoms with Gasteiger partial charge < -0.3 is 10.6 Å². The van der Waals surface area contributed by atoms with E-state index in [1.165, 1.54) is 5.56 Å². The van der Waals surface area contributed by atoms with Gasteiger partial charge in [-0.25, -0.2) is 0 Å². The molecular formula is C23H29N3O2. The minimum Gasteiger partial charge on any atom is -0.351 e. The second-order valence-electron chi connectivity index (χ2n) is 7.53. The molecule has 148 valence electrons. The summed E-state index contributed by atoms with van der Waals surface area (Å²) in [6.45, 7) is 6.16. The molecule has 1 unspecified atom stereocenters.